The van der Waals surface area contributed by atoms with Crippen molar-refractivity contribution in [1.29, 1.82) is 0 Å². The van der Waals surface area contributed by atoms with E-state index in [1.165, 1.54) is 43.4 Å². The molecule has 0 amide bonds. The number of nitrogens with zero attached hydrogens (tertiary/aromatic N) is 4. The van der Waals surface area contributed by atoms with Crippen LogP contribution in [0, 0.1) is 0 Å². The van der Waals surface area contributed by atoms with Crippen molar-refractivity contribution in [2.45, 2.75) is 0 Å². The van der Waals surface area contributed by atoms with Gasteiger partial charge in [0.15, 0.2) is 0 Å². The maximum atomic E-state index is 6.93. The van der Waals surface area contributed by atoms with E-state index in [0.717, 1.165) is 55.8 Å². The number of furan rings is 1. The minimum atomic E-state index is 0.830. The Bertz CT molecular complexity index is 3430. The molecule has 12 aromatic rings. The quantitative estimate of drug-likeness (QED) is 0.161. The van der Waals surface area contributed by atoms with Gasteiger partial charge < -0.3 is 8.98 Å². The SMILES string of the molecule is c1ccc(-c2cc(-[n+]3c[n+](-c4ccc5ccccc5c4)c[n+](-c4ccc5ccccc5c4)c3)c3c(c2)oc2cc(-n4c5ccccc5c5ccccc54)ccc23)cc1. The largest absolute Gasteiger partial charge is 0.456 e. The van der Waals surface area contributed by atoms with Crippen LogP contribution in [0.3, 0.4) is 0 Å². The summed E-state index contributed by atoms with van der Waals surface area (Å²) in [4.78, 5) is 0. The Morgan fingerprint density at radius 1 is 0.362 bits per heavy atom. The zero-order valence-corrected chi connectivity index (χ0v) is 31.4. The highest BCUT2D eigenvalue weighted by atomic mass is 16.3. The Balaban J connectivity index is 1.12. The van der Waals surface area contributed by atoms with Crippen molar-refractivity contribution < 1.29 is 18.1 Å². The summed E-state index contributed by atoms with van der Waals surface area (Å²) in [6.07, 6.45) is 6.52. The summed E-state index contributed by atoms with van der Waals surface area (Å²) in [6.45, 7) is 0. The third kappa shape index (κ3) is 5.21. The van der Waals surface area contributed by atoms with Crippen LogP contribution in [0.1, 0.15) is 0 Å². The van der Waals surface area contributed by atoms with Gasteiger partial charge in [-0.05, 0) is 75.1 Å². The van der Waals surface area contributed by atoms with Gasteiger partial charge in [-0.15, -0.1) is 0 Å². The molecule has 5 heteroatoms. The van der Waals surface area contributed by atoms with Crippen LogP contribution in [0.4, 0.5) is 0 Å². The monoisotopic (exact) mass is 743 g/mol. The van der Waals surface area contributed by atoms with Gasteiger partial charge >= 0.3 is 19.0 Å². The number of hydrogen-bond donors (Lipinski definition) is 0. The number of rotatable bonds is 5. The molecule has 9 aromatic carbocycles. The average Bonchev–Trinajstić information content (AvgIpc) is 3.84. The molecule has 0 saturated carbocycles. The van der Waals surface area contributed by atoms with E-state index in [0.29, 0.717) is 0 Å². The molecule has 3 heterocycles. The van der Waals surface area contributed by atoms with Gasteiger partial charge in [0.2, 0.25) is 17.1 Å². The van der Waals surface area contributed by atoms with Crippen LogP contribution in [0.15, 0.2) is 218 Å². The average molecular weight is 744 g/mol. The zero-order chi connectivity index (χ0) is 38.2. The molecule has 0 atom stereocenters. The molecule has 0 radical (unpaired) electrons. The van der Waals surface area contributed by atoms with Crippen molar-refractivity contribution in [3.63, 3.8) is 0 Å². The van der Waals surface area contributed by atoms with Crippen LogP contribution < -0.4 is 13.7 Å². The van der Waals surface area contributed by atoms with Crippen LogP contribution in [0.5, 0.6) is 0 Å². The Morgan fingerprint density at radius 2 is 0.914 bits per heavy atom. The van der Waals surface area contributed by atoms with E-state index in [1.807, 2.05) is 0 Å². The highest BCUT2D eigenvalue weighted by molar-refractivity contribution is 6.12. The van der Waals surface area contributed by atoms with Crippen molar-refractivity contribution in [2.75, 3.05) is 0 Å². The van der Waals surface area contributed by atoms with Crippen molar-refractivity contribution in [3.8, 4) is 33.9 Å². The van der Waals surface area contributed by atoms with Gasteiger partial charge in [-0.1, -0.05) is 129 Å². The van der Waals surface area contributed by atoms with Crippen LogP contribution in [0.2, 0.25) is 0 Å². The molecule has 0 aliphatic rings. The first-order valence-corrected chi connectivity index (χ1v) is 19.6. The lowest BCUT2D eigenvalue weighted by Gasteiger charge is -2.07. The second-order valence-corrected chi connectivity index (χ2v) is 15.0. The maximum Gasteiger partial charge on any atom is 0.428 e. The van der Waals surface area contributed by atoms with E-state index >= 15 is 0 Å². The van der Waals surface area contributed by atoms with Crippen molar-refractivity contribution in [3.05, 3.63) is 213 Å². The number of para-hydroxylation sites is 2. The summed E-state index contributed by atoms with van der Waals surface area (Å²) in [6, 6.07) is 69.3. The number of aromatic nitrogens is 4. The van der Waals surface area contributed by atoms with Gasteiger partial charge in [0.1, 0.15) is 16.6 Å². The first-order valence-electron chi connectivity index (χ1n) is 19.6. The molecule has 12 rings (SSSR count). The van der Waals surface area contributed by atoms with Crippen molar-refractivity contribution >= 4 is 65.3 Å². The van der Waals surface area contributed by atoms with Crippen LogP contribution in [-0.4, -0.2) is 4.57 Å². The normalized spacial score (nSPS) is 11.8. The molecule has 0 spiro atoms. The molecule has 0 unspecified atom stereocenters. The Hall–Kier alpha value is -7.89. The lowest BCUT2D eigenvalue weighted by atomic mass is 10.0. The van der Waals surface area contributed by atoms with Crippen LogP contribution >= 0.6 is 0 Å². The fraction of sp³-hybridized carbons (Fsp3) is 0. The van der Waals surface area contributed by atoms with Gasteiger partial charge in [-0.2, -0.15) is 0 Å². The van der Waals surface area contributed by atoms with E-state index in [9.17, 15) is 0 Å². The molecule has 0 fully saturated rings. The van der Waals surface area contributed by atoms with Crippen LogP contribution in [-0.2, 0) is 0 Å². The van der Waals surface area contributed by atoms with Crippen molar-refractivity contribution in [2.24, 2.45) is 0 Å². The third-order valence-electron chi connectivity index (χ3n) is 11.6. The fourth-order valence-corrected chi connectivity index (χ4v) is 8.77. The lowest BCUT2D eigenvalue weighted by Crippen LogP contribution is -2.55. The molecule has 0 aliphatic heterocycles. The highest BCUT2D eigenvalue weighted by Gasteiger charge is 2.29. The molecule has 0 N–H and O–H groups in total. The van der Waals surface area contributed by atoms with E-state index < -0.39 is 0 Å². The predicted molar refractivity (Wildman–Crippen MR) is 233 cm³/mol. The number of hydrogen-bond acceptors (Lipinski definition) is 1. The van der Waals surface area contributed by atoms with E-state index in [-0.39, 0.29) is 0 Å². The Labute approximate surface area is 333 Å². The Morgan fingerprint density at radius 3 is 1.55 bits per heavy atom. The lowest BCUT2D eigenvalue weighted by molar-refractivity contribution is -0.857. The second-order valence-electron chi connectivity index (χ2n) is 15.0. The highest BCUT2D eigenvalue weighted by Crippen LogP contribution is 2.38. The standard InChI is InChI=1S/C53H35N4O/c1-2-12-36(13-3-1)41-30-50(53-47-27-26-44(32-51(47)58-52(53)31-41)57-48-20-10-8-18-45(48)46-19-9-11-21-49(46)57)56-34-54(42-24-22-37-14-4-6-16-39(37)28-42)33-55(35-56)43-25-23-38-15-5-7-17-40(38)29-43/h1-35H/q+3. The molecule has 5 nitrogen and oxygen atoms in total. The smallest absolute Gasteiger partial charge is 0.428 e. The molecule has 58 heavy (non-hydrogen) atoms. The van der Waals surface area contributed by atoms with Gasteiger partial charge in [0, 0.05) is 58.2 Å². The Kier molecular flexibility index (Phi) is 7.16. The van der Waals surface area contributed by atoms with Gasteiger partial charge in [-0.25, -0.2) is 0 Å². The summed E-state index contributed by atoms with van der Waals surface area (Å²) < 4.78 is 15.9. The first kappa shape index (κ1) is 32.4. The minimum absolute atomic E-state index is 0.830. The first-order chi connectivity index (χ1) is 28.7. The molecule has 0 aliphatic carbocycles. The minimum Gasteiger partial charge on any atom is -0.456 e. The van der Waals surface area contributed by atoms with Crippen molar-refractivity contribution in [1.82, 2.24) is 4.57 Å². The summed E-state index contributed by atoms with van der Waals surface area (Å²) in [5.41, 5.74) is 10.4. The van der Waals surface area contributed by atoms with E-state index in [1.54, 1.807) is 0 Å². The summed E-state index contributed by atoms with van der Waals surface area (Å²) >= 11 is 0. The maximum absolute atomic E-state index is 6.93. The molecule has 0 saturated heterocycles. The molecule has 270 valence electrons. The van der Waals surface area contributed by atoms with Gasteiger partial charge in [0.05, 0.1) is 11.0 Å². The van der Waals surface area contributed by atoms with E-state index in [4.69, 9.17) is 4.42 Å². The van der Waals surface area contributed by atoms with Gasteiger partial charge in [0.25, 0.3) is 0 Å². The van der Waals surface area contributed by atoms with Gasteiger partial charge in [-0.3, -0.25) is 0 Å². The fourth-order valence-electron chi connectivity index (χ4n) is 8.77. The summed E-state index contributed by atoms with van der Waals surface area (Å²) in [5.74, 6) is 0. The molecular weight excluding hydrogens is 709 g/mol. The predicted octanol–water partition coefficient (Wildman–Crippen LogP) is 11.5. The molecular formula is C53H35N4O+3. The topological polar surface area (TPSA) is 29.7 Å². The third-order valence-corrected chi connectivity index (χ3v) is 11.6. The molecule has 0 bridgehead atoms. The second kappa shape index (κ2) is 12.8. The summed E-state index contributed by atoms with van der Waals surface area (Å²) in [7, 11) is 0. The summed E-state index contributed by atoms with van der Waals surface area (Å²) in [5, 5.41) is 9.37. The van der Waals surface area contributed by atoms with E-state index in [2.05, 4.69) is 231 Å². The number of benzene rings is 9. The number of fused-ring (bicyclic) bond motifs is 8. The molecule has 3 aromatic heterocycles. The zero-order valence-electron chi connectivity index (χ0n) is 31.4. The van der Waals surface area contributed by atoms with Crippen LogP contribution in [0.25, 0.3) is 99.2 Å².